The van der Waals surface area contributed by atoms with Crippen LogP contribution in [0.15, 0.2) is 34.9 Å². The number of nitrogens with zero attached hydrogens (tertiary/aromatic N) is 1. The van der Waals surface area contributed by atoms with Gasteiger partial charge in [-0.1, -0.05) is 11.2 Å². The van der Waals surface area contributed by atoms with Crippen LogP contribution in [0.5, 0.6) is 0 Å². The lowest BCUT2D eigenvalue weighted by Gasteiger charge is -2.03. The molecule has 0 fully saturated rings. The average Bonchev–Trinajstić information content (AvgIpc) is 2.76. The molecule has 0 aliphatic heterocycles. The summed E-state index contributed by atoms with van der Waals surface area (Å²) in [7, 11) is 0. The van der Waals surface area contributed by atoms with Gasteiger partial charge in [-0.3, -0.25) is 9.59 Å². The summed E-state index contributed by atoms with van der Waals surface area (Å²) in [5.74, 6) is -0.879. The van der Waals surface area contributed by atoms with E-state index < -0.39 is 11.8 Å². The minimum Gasteiger partial charge on any atom is -0.366 e. The van der Waals surface area contributed by atoms with E-state index in [4.69, 9.17) is 10.3 Å². The van der Waals surface area contributed by atoms with E-state index >= 15 is 0 Å². The van der Waals surface area contributed by atoms with Crippen LogP contribution in [-0.2, 0) is 0 Å². The quantitative estimate of drug-likeness (QED) is 0.852. The van der Waals surface area contributed by atoms with Gasteiger partial charge in [0.1, 0.15) is 0 Å². The normalized spacial score (nSPS) is 10.1. The van der Waals surface area contributed by atoms with Crippen molar-refractivity contribution in [2.45, 2.75) is 6.92 Å². The summed E-state index contributed by atoms with van der Waals surface area (Å²) in [5.41, 5.74) is 6.55. The molecule has 0 atom stereocenters. The molecule has 0 saturated heterocycles. The number of benzene rings is 1. The van der Waals surface area contributed by atoms with Crippen LogP contribution in [0, 0.1) is 6.92 Å². The molecule has 2 rings (SSSR count). The monoisotopic (exact) mass is 245 g/mol. The summed E-state index contributed by atoms with van der Waals surface area (Å²) >= 11 is 0. The second kappa shape index (κ2) is 4.70. The molecular formula is C12H11N3O3. The van der Waals surface area contributed by atoms with Crippen LogP contribution >= 0.6 is 0 Å². The number of anilines is 1. The predicted molar refractivity (Wildman–Crippen MR) is 64.2 cm³/mol. The van der Waals surface area contributed by atoms with Crippen molar-refractivity contribution in [2.24, 2.45) is 5.73 Å². The van der Waals surface area contributed by atoms with Crippen molar-refractivity contribution < 1.29 is 14.1 Å². The van der Waals surface area contributed by atoms with E-state index in [9.17, 15) is 9.59 Å². The predicted octanol–water partition coefficient (Wildman–Crippen LogP) is 1.33. The fourth-order valence-corrected chi connectivity index (χ4v) is 1.41. The number of nitrogens with two attached hydrogens (primary N) is 1. The Morgan fingerprint density at radius 1 is 1.33 bits per heavy atom. The van der Waals surface area contributed by atoms with Gasteiger partial charge in [-0.25, -0.2) is 0 Å². The van der Waals surface area contributed by atoms with Crippen LogP contribution in [0.3, 0.4) is 0 Å². The molecule has 1 aromatic heterocycles. The largest absolute Gasteiger partial charge is 0.366 e. The van der Waals surface area contributed by atoms with Gasteiger partial charge in [0.2, 0.25) is 11.7 Å². The Kier molecular flexibility index (Phi) is 3.09. The van der Waals surface area contributed by atoms with Crippen molar-refractivity contribution in [3.05, 3.63) is 47.3 Å². The molecule has 2 amide bonds. The fraction of sp³-hybridized carbons (Fsp3) is 0.0833. The molecule has 6 heteroatoms. The molecule has 18 heavy (non-hydrogen) atoms. The lowest BCUT2D eigenvalue weighted by Crippen LogP contribution is -2.14. The van der Waals surface area contributed by atoms with Crippen molar-refractivity contribution in [2.75, 3.05) is 5.32 Å². The van der Waals surface area contributed by atoms with E-state index in [1.54, 1.807) is 25.1 Å². The Labute approximate surface area is 103 Å². The first kappa shape index (κ1) is 11.8. The molecule has 0 aliphatic rings. The summed E-state index contributed by atoms with van der Waals surface area (Å²) in [6, 6.07) is 7.85. The number of aryl methyl sites for hydroxylation is 1. The number of carbonyl (C=O) groups excluding carboxylic acids is 2. The fourth-order valence-electron chi connectivity index (χ4n) is 1.41. The van der Waals surface area contributed by atoms with Gasteiger partial charge in [0.05, 0.1) is 5.69 Å². The minimum atomic E-state index is -0.554. The first-order chi connectivity index (χ1) is 8.56. The molecule has 0 bridgehead atoms. The summed E-state index contributed by atoms with van der Waals surface area (Å²) in [6.45, 7) is 1.72. The van der Waals surface area contributed by atoms with Gasteiger partial charge < -0.3 is 15.6 Å². The molecule has 0 unspecified atom stereocenters. The Bertz CT molecular complexity index is 604. The average molecular weight is 245 g/mol. The molecule has 1 aromatic carbocycles. The molecule has 3 N–H and O–H groups in total. The highest BCUT2D eigenvalue weighted by Crippen LogP contribution is 2.12. The highest BCUT2D eigenvalue weighted by Gasteiger charge is 2.12. The number of aromatic nitrogens is 1. The first-order valence-corrected chi connectivity index (χ1v) is 5.21. The number of primary amides is 1. The maximum Gasteiger partial charge on any atom is 0.294 e. The van der Waals surface area contributed by atoms with Crippen molar-refractivity contribution in [1.29, 1.82) is 0 Å². The van der Waals surface area contributed by atoms with Crippen LogP contribution in [0.1, 0.15) is 26.6 Å². The van der Waals surface area contributed by atoms with Gasteiger partial charge in [0.25, 0.3) is 5.91 Å². The zero-order chi connectivity index (χ0) is 13.1. The molecule has 1 heterocycles. The van der Waals surface area contributed by atoms with Gasteiger partial charge in [-0.2, -0.15) is 0 Å². The van der Waals surface area contributed by atoms with Crippen molar-refractivity contribution in [1.82, 2.24) is 5.16 Å². The van der Waals surface area contributed by atoms with E-state index in [1.807, 2.05) is 0 Å². The van der Waals surface area contributed by atoms with Gasteiger partial charge in [0.15, 0.2) is 0 Å². The Hall–Kier alpha value is -2.63. The highest BCUT2D eigenvalue weighted by molar-refractivity contribution is 6.03. The van der Waals surface area contributed by atoms with Gasteiger partial charge >= 0.3 is 0 Å². The number of hydrogen-bond acceptors (Lipinski definition) is 4. The molecule has 0 radical (unpaired) electrons. The summed E-state index contributed by atoms with van der Waals surface area (Å²) in [6.07, 6.45) is 0. The molecule has 0 saturated carbocycles. The van der Waals surface area contributed by atoms with E-state index in [0.29, 0.717) is 16.9 Å². The summed E-state index contributed by atoms with van der Waals surface area (Å²) < 4.78 is 4.82. The zero-order valence-electron chi connectivity index (χ0n) is 9.64. The van der Waals surface area contributed by atoms with E-state index in [1.165, 1.54) is 12.1 Å². The molecule has 92 valence electrons. The molecule has 2 aromatic rings. The molecule has 0 aliphatic carbocycles. The third-order valence-corrected chi connectivity index (χ3v) is 2.26. The first-order valence-electron chi connectivity index (χ1n) is 5.21. The third-order valence-electron chi connectivity index (χ3n) is 2.26. The van der Waals surface area contributed by atoms with Gasteiger partial charge in [-0.15, -0.1) is 0 Å². The van der Waals surface area contributed by atoms with E-state index in [0.717, 1.165) is 0 Å². The van der Waals surface area contributed by atoms with Gasteiger partial charge in [0, 0.05) is 17.3 Å². The minimum absolute atomic E-state index is 0.108. The SMILES string of the molecule is Cc1cc(C(=O)Nc2cccc(C(N)=O)c2)on1. The maximum absolute atomic E-state index is 11.7. The van der Waals surface area contributed by atoms with Crippen LogP contribution in [0.4, 0.5) is 5.69 Å². The Morgan fingerprint density at radius 3 is 2.72 bits per heavy atom. The Morgan fingerprint density at radius 2 is 2.11 bits per heavy atom. The van der Waals surface area contributed by atoms with E-state index in [-0.39, 0.29) is 5.76 Å². The third kappa shape index (κ3) is 2.54. The van der Waals surface area contributed by atoms with Crippen LogP contribution in [0.25, 0.3) is 0 Å². The van der Waals surface area contributed by atoms with Gasteiger partial charge in [-0.05, 0) is 25.1 Å². The lowest BCUT2D eigenvalue weighted by molar-refractivity contribution is 0.0982. The number of rotatable bonds is 3. The number of nitrogens with one attached hydrogen (secondary N) is 1. The molecule has 0 spiro atoms. The van der Waals surface area contributed by atoms with Crippen molar-refractivity contribution >= 4 is 17.5 Å². The standard InChI is InChI=1S/C12H11N3O3/c1-7-5-10(18-15-7)12(17)14-9-4-2-3-8(6-9)11(13)16/h2-6H,1H3,(H2,13,16)(H,14,17). The lowest BCUT2D eigenvalue weighted by atomic mass is 10.2. The molecular weight excluding hydrogens is 234 g/mol. The van der Waals surface area contributed by atoms with Crippen LogP contribution in [-0.4, -0.2) is 17.0 Å². The van der Waals surface area contributed by atoms with Crippen molar-refractivity contribution in [3.63, 3.8) is 0 Å². The van der Waals surface area contributed by atoms with Crippen LogP contribution in [0.2, 0.25) is 0 Å². The maximum atomic E-state index is 11.7. The van der Waals surface area contributed by atoms with Crippen molar-refractivity contribution in [3.8, 4) is 0 Å². The highest BCUT2D eigenvalue weighted by atomic mass is 16.5. The number of hydrogen-bond donors (Lipinski definition) is 2. The van der Waals surface area contributed by atoms with E-state index in [2.05, 4.69) is 10.5 Å². The molecule has 6 nitrogen and oxygen atoms in total. The Balaban J connectivity index is 2.16. The zero-order valence-corrected chi connectivity index (χ0v) is 9.64. The number of amides is 2. The number of carbonyl (C=O) groups is 2. The smallest absolute Gasteiger partial charge is 0.294 e. The second-order valence-electron chi connectivity index (χ2n) is 3.73. The van der Waals surface area contributed by atoms with Crippen LogP contribution < -0.4 is 11.1 Å². The summed E-state index contributed by atoms with van der Waals surface area (Å²) in [4.78, 5) is 22.7. The topological polar surface area (TPSA) is 98.2 Å². The second-order valence-corrected chi connectivity index (χ2v) is 3.73. The summed E-state index contributed by atoms with van der Waals surface area (Å²) in [5, 5.41) is 6.20.